The number of hydrogen-bond donors (Lipinski definition) is 0. The summed E-state index contributed by atoms with van der Waals surface area (Å²) in [4.78, 5) is 18.1. The number of thiophene rings is 1. The maximum atomic E-state index is 6.16. The van der Waals surface area contributed by atoms with Gasteiger partial charge in [0.1, 0.15) is 17.0 Å². The number of rotatable bonds is 3. The molecule has 148 valence electrons. The third kappa shape index (κ3) is 2.98. The van der Waals surface area contributed by atoms with Crippen LogP contribution in [0, 0.1) is 0 Å². The molecule has 0 amide bonds. The molecule has 0 unspecified atom stereocenters. The highest BCUT2D eigenvalue weighted by molar-refractivity contribution is 7.26. The molecule has 6 heteroatoms. The molecule has 3 aromatic rings. The summed E-state index contributed by atoms with van der Waals surface area (Å²) in [6.07, 6.45) is 8.56. The molecule has 0 bridgehead atoms. The lowest BCUT2D eigenvalue weighted by Crippen LogP contribution is -2.32. The van der Waals surface area contributed by atoms with E-state index in [0.717, 1.165) is 48.5 Å². The Balaban J connectivity index is 1.77. The van der Waals surface area contributed by atoms with Gasteiger partial charge in [0, 0.05) is 36.2 Å². The van der Waals surface area contributed by atoms with Crippen LogP contribution < -0.4 is 4.90 Å². The molecule has 0 N–H and O–H groups in total. The Hall–Kier alpha value is -1.79. The van der Waals surface area contributed by atoms with Crippen LogP contribution in [0.2, 0.25) is 0 Å². The van der Waals surface area contributed by atoms with Gasteiger partial charge in [0.2, 0.25) is 0 Å². The number of nitrogens with zero attached hydrogens (tertiary/aromatic N) is 4. The quantitative estimate of drug-likeness (QED) is 0.621. The van der Waals surface area contributed by atoms with Gasteiger partial charge < -0.3 is 9.64 Å². The Morgan fingerprint density at radius 2 is 1.96 bits per heavy atom. The van der Waals surface area contributed by atoms with Crippen LogP contribution in [0.4, 0.5) is 5.82 Å². The smallest absolute Gasteiger partial charge is 0.150 e. The number of hydrogen-bond acceptors (Lipinski definition) is 6. The first-order chi connectivity index (χ1) is 13.6. The summed E-state index contributed by atoms with van der Waals surface area (Å²) >= 11 is 1.78. The minimum absolute atomic E-state index is 0.151. The molecule has 0 aliphatic carbocycles. The van der Waals surface area contributed by atoms with E-state index in [4.69, 9.17) is 19.7 Å². The molecule has 5 heterocycles. The maximum Gasteiger partial charge on any atom is 0.150 e. The summed E-state index contributed by atoms with van der Waals surface area (Å²) in [6.45, 7) is 9.43. The molecule has 2 aliphatic heterocycles. The monoisotopic (exact) mass is 396 g/mol. The van der Waals surface area contributed by atoms with E-state index < -0.39 is 0 Å². The summed E-state index contributed by atoms with van der Waals surface area (Å²) in [7, 11) is 0. The van der Waals surface area contributed by atoms with E-state index in [1.54, 1.807) is 17.7 Å². The minimum atomic E-state index is -0.151. The second kappa shape index (κ2) is 6.92. The predicted molar refractivity (Wildman–Crippen MR) is 115 cm³/mol. The second-order valence-electron chi connectivity index (χ2n) is 8.70. The van der Waals surface area contributed by atoms with Crippen molar-refractivity contribution < 1.29 is 4.74 Å². The van der Waals surface area contributed by atoms with Gasteiger partial charge in [0.25, 0.3) is 0 Å². The summed E-state index contributed by atoms with van der Waals surface area (Å²) in [5.74, 6) is 1.10. The van der Waals surface area contributed by atoms with Crippen LogP contribution in [0.3, 0.4) is 0 Å². The number of aromatic nitrogens is 3. The van der Waals surface area contributed by atoms with E-state index in [1.807, 2.05) is 0 Å². The lowest BCUT2D eigenvalue weighted by molar-refractivity contribution is -0.0401. The van der Waals surface area contributed by atoms with Gasteiger partial charge in [-0.15, -0.1) is 11.3 Å². The predicted octanol–water partition coefficient (Wildman–Crippen LogP) is 5.03. The fourth-order valence-electron chi connectivity index (χ4n) is 4.64. The van der Waals surface area contributed by atoms with Crippen molar-refractivity contribution in [3.05, 3.63) is 23.1 Å². The van der Waals surface area contributed by atoms with E-state index in [9.17, 15) is 0 Å². The summed E-state index contributed by atoms with van der Waals surface area (Å²) < 4.78 is 7.36. The fraction of sp³-hybridized carbons (Fsp3) is 0.591. The Bertz CT molecular complexity index is 1040. The number of anilines is 1. The lowest BCUT2D eigenvalue weighted by atomic mass is 9.88. The van der Waals surface area contributed by atoms with E-state index >= 15 is 0 Å². The first-order valence-corrected chi connectivity index (χ1v) is 11.4. The number of pyridine rings is 1. The summed E-state index contributed by atoms with van der Waals surface area (Å²) in [6, 6.07) is 0. The molecular formula is C22H28N4OS. The van der Waals surface area contributed by atoms with E-state index in [0.29, 0.717) is 6.61 Å². The average Bonchev–Trinajstić information content (AvgIpc) is 3.06. The van der Waals surface area contributed by atoms with Crippen molar-refractivity contribution in [3.8, 4) is 0 Å². The Morgan fingerprint density at radius 3 is 2.75 bits per heavy atom. The maximum absolute atomic E-state index is 6.16. The summed E-state index contributed by atoms with van der Waals surface area (Å²) in [5.41, 5.74) is 4.84. The number of aryl methyl sites for hydroxylation is 1. The van der Waals surface area contributed by atoms with E-state index in [1.165, 1.54) is 46.2 Å². The van der Waals surface area contributed by atoms with Crippen LogP contribution in [0.25, 0.3) is 20.4 Å². The SMILES string of the molecule is CCCc1nc2sc3c(N4CCCCC4)ncnc3c2c2c1COC(C)(C)C2. The average molecular weight is 397 g/mol. The molecular weight excluding hydrogens is 368 g/mol. The highest BCUT2D eigenvalue weighted by atomic mass is 32.1. The molecule has 3 aromatic heterocycles. The van der Waals surface area contributed by atoms with Gasteiger partial charge in [-0.25, -0.2) is 15.0 Å². The largest absolute Gasteiger partial charge is 0.370 e. The van der Waals surface area contributed by atoms with Gasteiger partial charge in [0.15, 0.2) is 0 Å². The standard InChI is InChI=1S/C22H28N4OS/c1-4-8-16-15-12-27-22(2,3)11-14(15)17-18-19(28-21(17)25-16)20(24-13-23-18)26-9-6-5-7-10-26/h13H,4-12H2,1-3H3. The molecule has 5 rings (SSSR count). The molecule has 0 spiro atoms. The Morgan fingerprint density at radius 1 is 1.14 bits per heavy atom. The third-order valence-corrected chi connectivity index (χ3v) is 7.11. The number of ether oxygens (including phenoxy) is 1. The summed E-state index contributed by atoms with van der Waals surface area (Å²) in [5, 5.41) is 1.24. The normalized spacial score (nSPS) is 19.3. The van der Waals surface area contributed by atoms with Crippen molar-refractivity contribution in [1.82, 2.24) is 15.0 Å². The van der Waals surface area contributed by atoms with Gasteiger partial charge >= 0.3 is 0 Å². The Kier molecular flexibility index (Phi) is 4.51. The lowest BCUT2D eigenvalue weighted by Gasteiger charge is -2.33. The molecule has 0 aromatic carbocycles. The zero-order chi connectivity index (χ0) is 19.3. The highest BCUT2D eigenvalue weighted by Crippen LogP contribution is 2.43. The molecule has 1 saturated heterocycles. The van der Waals surface area contributed by atoms with Crippen LogP contribution in [0.5, 0.6) is 0 Å². The van der Waals surface area contributed by atoms with Crippen molar-refractivity contribution in [2.75, 3.05) is 18.0 Å². The first kappa shape index (κ1) is 18.3. The second-order valence-corrected chi connectivity index (χ2v) is 9.69. The zero-order valence-electron chi connectivity index (χ0n) is 17.0. The van der Waals surface area contributed by atoms with E-state index in [2.05, 4.69) is 25.7 Å². The van der Waals surface area contributed by atoms with Crippen molar-refractivity contribution in [3.63, 3.8) is 0 Å². The van der Waals surface area contributed by atoms with Gasteiger partial charge in [-0.2, -0.15) is 0 Å². The van der Waals surface area contributed by atoms with E-state index in [-0.39, 0.29) is 5.60 Å². The molecule has 0 radical (unpaired) electrons. The van der Waals surface area contributed by atoms with Crippen LogP contribution in [-0.4, -0.2) is 33.6 Å². The van der Waals surface area contributed by atoms with Gasteiger partial charge in [-0.1, -0.05) is 13.3 Å². The molecule has 5 nitrogen and oxygen atoms in total. The molecule has 2 aliphatic rings. The van der Waals surface area contributed by atoms with Gasteiger partial charge in [0.05, 0.1) is 22.4 Å². The van der Waals surface area contributed by atoms with Crippen LogP contribution in [0.15, 0.2) is 6.33 Å². The minimum Gasteiger partial charge on any atom is -0.370 e. The molecule has 0 saturated carbocycles. The van der Waals surface area contributed by atoms with Gasteiger partial charge in [-0.05, 0) is 45.1 Å². The van der Waals surface area contributed by atoms with Crippen LogP contribution >= 0.6 is 11.3 Å². The first-order valence-electron chi connectivity index (χ1n) is 10.5. The Labute approximate surface area is 170 Å². The topological polar surface area (TPSA) is 51.1 Å². The highest BCUT2D eigenvalue weighted by Gasteiger charge is 2.31. The number of fused-ring (bicyclic) bond motifs is 5. The van der Waals surface area contributed by atoms with Crippen molar-refractivity contribution in [1.29, 1.82) is 0 Å². The van der Waals surface area contributed by atoms with Gasteiger partial charge in [-0.3, -0.25) is 0 Å². The molecule has 28 heavy (non-hydrogen) atoms. The van der Waals surface area contributed by atoms with Crippen LogP contribution in [0.1, 0.15) is 63.3 Å². The third-order valence-electron chi connectivity index (χ3n) is 6.04. The van der Waals surface area contributed by atoms with Crippen LogP contribution in [-0.2, 0) is 24.2 Å². The molecule has 0 atom stereocenters. The fourth-order valence-corrected chi connectivity index (χ4v) is 5.83. The van der Waals surface area contributed by atoms with Crippen molar-refractivity contribution in [2.45, 2.75) is 71.5 Å². The molecule has 1 fully saturated rings. The van der Waals surface area contributed by atoms with Crippen molar-refractivity contribution >= 4 is 37.6 Å². The van der Waals surface area contributed by atoms with Crippen molar-refractivity contribution in [2.24, 2.45) is 0 Å². The number of piperidine rings is 1. The zero-order valence-corrected chi connectivity index (χ0v) is 17.9.